The molecule has 0 bridgehead atoms. The topological polar surface area (TPSA) is 192 Å². The van der Waals surface area contributed by atoms with Crippen LogP contribution in [-0.2, 0) is 20.8 Å². The highest BCUT2D eigenvalue weighted by Crippen LogP contribution is 1.97. The molecule has 0 fully saturated rings. The molecule has 0 radical (unpaired) electrons. The summed E-state index contributed by atoms with van der Waals surface area (Å²) in [6.45, 7) is 9.34. The van der Waals surface area contributed by atoms with Crippen molar-refractivity contribution in [3.63, 3.8) is 0 Å². The molecular formula is C25H42B2N2O9. The average Bonchev–Trinajstić information content (AvgIpc) is 2.92. The van der Waals surface area contributed by atoms with Gasteiger partial charge in [-0.15, -0.1) is 0 Å². The molecule has 13 heteroatoms. The largest absolute Gasteiger partial charge is 0.488 e. The van der Waals surface area contributed by atoms with Crippen molar-refractivity contribution in [3.05, 3.63) is 59.7 Å². The minimum Gasteiger partial charge on any atom is -0.483 e. The van der Waals surface area contributed by atoms with Gasteiger partial charge in [0.1, 0.15) is 6.29 Å². The van der Waals surface area contributed by atoms with E-state index in [1.165, 1.54) is 24.3 Å². The van der Waals surface area contributed by atoms with Crippen molar-refractivity contribution < 1.29 is 44.3 Å². The molecule has 0 spiro atoms. The first kappa shape index (κ1) is 37.5. The highest BCUT2D eigenvalue weighted by atomic mass is 16.5. The molecule has 2 aromatic carbocycles. The van der Waals surface area contributed by atoms with Gasteiger partial charge < -0.3 is 45.7 Å². The zero-order valence-electron chi connectivity index (χ0n) is 22.2. The SMILES string of the molecule is CCOCCCN.CCOCCCNCc1ccc(B(O)O)cc1.O=CO.O=Cc1ccc(B(O)O)cc1. The third kappa shape index (κ3) is 22.6. The number of benzene rings is 2. The standard InChI is InChI=1S/C12H20BNO3.C7H7BO3.C5H13NO.CH2O2/c1-2-17-9-3-8-14-10-11-4-6-12(7-5-11)13(15)16;9-5-6-1-3-7(4-2-6)8(10)11;1-2-7-5-3-4-6;2-1-3/h4-7,14-16H,2-3,8-10H2,1H3;1-5,10-11H;2-6H2,1H3;1H,(H,2,3). The molecule has 0 unspecified atom stereocenters. The minimum atomic E-state index is -1.46. The van der Waals surface area contributed by atoms with E-state index in [-0.39, 0.29) is 6.47 Å². The fourth-order valence-corrected chi connectivity index (χ4v) is 2.56. The molecule has 0 amide bonds. The lowest BCUT2D eigenvalue weighted by atomic mass is 9.80. The summed E-state index contributed by atoms with van der Waals surface area (Å²) in [5.74, 6) is 0. The van der Waals surface area contributed by atoms with Crippen molar-refractivity contribution in [3.8, 4) is 0 Å². The molecule has 0 saturated carbocycles. The number of aldehydes is 1. The lowest BCUT2D eigenvalue weighted by molar-refractivity contribution is -0.122. The number of carbonyl (C=O) groups is 2. The van der Waals surface area contributed by atoms with Crippen molar-refractivity contribution in [1.29, 1.82) is 0 Å². The van der Waals surface area contributed by atoms with Crippen LogP contribution in [0.2, 0.25) is 0 Å². The number of carbonyl (C=O) groups excluding carboxylic acids is 1. The van der Waals surface area contributed by atoms with Crippen LogP contribution in [-0.4, -0.2) is 91.7 Å². The Kier molecular flexibility index (Phi) is 27.1. The molecule has 8 N–H and O–H groups in total. The molecule has 0 aromatic heterocycles. The Morgan fingerprint density at radius 1 is 0.816 bits per heavy atom. The molecule has 11 nitrogen and oxygen atoms in total. The van der Waals surface area contributed by atoms with Crippen LogP contribution in [0.5, 0.6) is 0 Å². The molecule has 212 valence electrons. The first-order valence-corrected chi connectivity index (χ1v) is 12.3. The average molecular weight is 536 g/mol. The Bertz CT molecular complexity index is 792. The van der Waals surface area contributed by atoms with Crippen LogP contribution < -0.4 is 22.0 Å². The second-order valence-corrected chi connectivity index (χ2v) is 7.45. The van der Waals surface area contributed by atoms with Gasteiger partial charge in [-0.3, -0.25) is 9.59 Å². The summed E-state index contributed by atoms with van der Waals surface area (Å²) >= 11 is 0. The van der Waals surface area contributed by atoms with Crippen molar-refractivity contribution in [2.75, 3.05) is 39.5 Å². The van der Waals surface area contributed by atoms with E-state index in [1.54, 1.807) is 12.1 Å². The highest BCUT2D eigenvalue weighted by molar-refractivity contribution is 6.58. The molecule has 2 aromatic rings. The molecule has 38 heavy (non-hydrogen) atoms. The van der Waals surface area contributed by atoms with Crippen molar-refractivity contribution in [1.82, 2.24) is 5.32 Å². The maximum atomic E-state index is 10.2. The molecule has 0 heterocycles. The Morgan fingerprint density at radius 2 is 1.26 bits per heavy atom. The fourth-order valence-electron chi connectivity index (χ4n) is 2.56. The van der Waals surface area contributed by atoms with Crippen LogP contribution in [0.4, 0.5) is 0 Å². The molecule has 0 aliphatic heterocycles. The molecule has 0 aliphatic rings. The zero-order valence-corrected chi connectivity index (χ0v) is 22.2. The summed E-state index contributed by atoms with van der Waals surface area (Å²) in [4.78, 5) is 18.5. The fraction of sp³-hybridized carbons (Fsp3) is 0.440. The van der Waals surface area contributed by atoms with Gasteiger partial charge in [0.15, 0.2) is 0 Å². The van der Waals surface area contributed by atoms with Gasteiger partial charge in [-0.25, -0.2) is 0 Å². The molecule has 0 atom stereocenters. The van der Waals surface area contributed by atoms with Crippen molar-refractivity contribution >= 4 is 37.9 Å². The third-order valence-corrected chi connectivity index (χ3v) is 4.52. The quantitative estimate of drug-likeness (QED) is 0.0903. The van der Waals surface area contributed by atoms with Gasteiger partial charge >= 0.3 is 14.2 Å². The van der Waals surface area contributed by atoms with E-state index in [1.807, 2.05) is 26.0 Å². The maximum Gasteiger partial charge on any atom is 0.488 e. The lowest BCUT2D eigenvalue weighted by Gasteiger charge is -2.06. The van der Waals surface area contributed by atoms with Crippen molar-refractivity contribution in [2.24, 2.45) is 5.73 Å². The van der Waals surface area contributed by atoms with E-state index in [0.717, 1.165) is 64.5 Å². The first-order chi connectivity index (χ1) is 18.3. The summed E-state index contributed by atoms with van der Waals surface area (Å²) in [5.41, 5.74) is 7.75. The number of ether oxygens (including phenoxy) is 2. The van der Waals surface area contributed by atoms with E-state index in [4.69, 9.17) is 45.2 Å². The van der Waals surface area contributed by atoms with Crippen LogP contribution >= 0.6 is 0 Å². The summed E-state index contributed by atoms with van der Waals surface area (Å²) < 4.78 is 10.2. The highest BCUT2D eigenvalue weighted by Gasteiger charge is 2.09. The lowest BCUT2D eigenvalue weighted by Crippen LogP contribution is -2.29. The van der Waals surface area contributed by atoms with Gasteiger partial charge in [0.25, 0.3) is 6.47 Å². The number of hydrogen-bond donors (Lipinski definition) is 7. The Morgan fingerprint density at radius 3 is 1.66 bits per heavy atom. The number of hydrogen-bond acceptors (Lipinski definition) is 10. The summed E-state index contributed by atoms with van der Waals surface area (Å²) in [6, 6.07) is 13.3. The van der Waals surface area contributed by atoms with Gasteiger partial charge in [-0.05, 0) is 56.3 Å². The minimum absolute atomic E-state index is 0.250. The van der Waals surface area contributed by atoms with Crippen molar-refractivity contribution in [2.45, 2.75) is 33.2 Å². The Hall–Kier alpha value is -2.61. The van der Waals surface area contributed by atoms with Gasteiger partial charge in [-0.2, -0.15) is 0 Å². The number of carboxylic acid groups (broad SMARTS) is 1. The Balaban J connectivity index is 0. The van der Waals surface area contributed by atoms with E-state index < -0.39 is 14.2 Å². The zero-order chi connectivity index (χ0) is 29.0. The first-order valence-electron chi connectivity index (χ1n) is 12.3. The van der Waals surface area contributed by atoms with Gasteiger partial charge in [0.2, 0.25) is 0 Å². The van der Waals surface area contributed by atoms with Gasteiger partial charge in [0.05, 0.1) is 0 Å². The van der Waals surface area contributed by atoms with E-state index in [0.29, 0.717) is 22.8 Å². The van der Waals surface area contributed by atoms with Gasteiger partial charge in [0, 0.05) is 38.5 Å². The summed E-state index contributed by atoms with van der Waals surface area (Å²) in [7, 11) is -2.85. The summed E-state index contributed by atoms with van der Waals surface area (Å²) in [6.07, 6.45) is 2.68. The normalized spacial score (nSPS) is 9.45. The third-order valence-electron chi connectivity index (χ3n) is 4.52. The van der Waals surface area contributed by atoms with Crippen LogP contribution in [0.15, 0.2) is 48.5 Å². The second-order valence-electron chi connectivity index (χ2n) is 7.45. The van der Waals surface area contributed by atoms with Crippen LogP contribution in [0.3, 0.4) is 0 Å². The Labute approximate surface area is 225 Å². The molecular weight excluding hydrogens is 494 g/mol. The smallest absolute Gasteiger partial charge is 0.483 e. The molecule has 0 saturated heterocycles. The molecule has 2 rings (SSSR count). The van der Waals surface area contributed by atoms with E-state index in [9.17, 15) is 4.79 Å². The number of nitrogens with one attached hydrogen (secondary N) is 1. The molecule has 0 aliphatic carbocycles. The van der Waals surface area contributed by atoms with Gasteiger partial charge in [-0.1, -0.05) is 48.5 Å². The number of rotatable bonds is 14. The second kappa shape index (κ2) is 27.4. The monoisotopic (exact) mass is 536 g/mol. The number of nitrogens with two attached hydrogens (primary N) is 1. The predicted octanol–water partition coefficient (Wildman–Crippen LogP) is -0.866. The van der Waals surface area contributed by atoms with E-state index >= 15 is 0 Å². The maximum absolute atomic E-state index is 10.2. The van der Waals surface area contributed by atoms with Crippen LogP contribution in [0, 0.1) is 0 Å². The van der Waals surface area contributed by atoms with Crippen LogP contribution in [0.1, 0.15) is 42.6 Å². The summed E-state index contributed by atoms with van der Waals surface area (Å²) in [5, 5.41) is 45.4. The van der Waals surface area contributed by atoms with Crippen LogP contribution in [0.25, 0.3) is 0 Å². The predicted molar refractivity (Wildman–Crippen MR) is 150 cm³/mol. The van der Waals surface area contributed by atoms with E-state index in [2.05, 4.69) is 5.32 Å².